The van der Waals surface area contributed by atoms with Crippen LogP contribution in [0.15, 0.2) is 22.7 Å². The quantitative estimate of drug-likeness (QED) is 0.518. The zero-order chi connectivity index (χ0) is 23.8. The van der Waals surface area contributed by atoms with Gasteiger partial charge in [0.15, 0.2) is 0 Å². The number of nitrogens with zero attached hydrogens (tertiary/aromatic N) is 2. The lowest BCUT2D eigenvalue weighted by Gasteiger charge is -2.31. The summed E-state index contributed by atoms with van der Waals surface area (Å²) in [5.74, 6) is -0.220. The summed E-state index contributed by atoms with van der Waals surface area (Å²) < 4.78 is 6.27. The van der Waals surface area contributed by atoms with Crippen molar-refractivity contribution in [1.29, 1.82) is 0 Å². The number of H-pyrrole nitrogens is 1. The molecule has 0 spiro atoms. The Morgan fingerprint density at radius 1 is 1.21 bits per heavy atom. The molecule has 9 heteroatoms. The fraction of sp³-hybridized carbons (Fsp3) is 0.440. The molecular weight excluding hydrogens is 500 g/mol. The van der Waals surface area contributed by atoms with E-state index in [1.54, 1.807) is 4.90 Å². The smallest absolute Gasteiger partial charge is 0.256 e. The molecule has 1 saturated heterocycles. The Hall–Kier alpha value is -2.46. The maximum Gasteiger partial charge on any atom is 0.256 e. The zero-order valence-corrected chi connectivity index (χ0v) is 20.8. The fourth-order valence-electron chi connectivity index (χ4n) is 5.02. The number of β-amino-alcohol motifs (C(OH)–C–C–N with tert-alkyl or cyclic N) is 1. The molecule has 0 aliphatic carbocycles. The summed E-state index contributed by atoms with van der Waals surface area (Å²) in [4.78, 5) is 33.5. The zero-order valence-electron chi connectivity index (χ0n) is 19.2. The van der Waals surface area contributed by atoms with Crippen molar-refractivity contribution in [2.45, 2.75) is 25.9 Å². The number of aromatic amines is 1. The summed E-state index contributed by atoms with van der Waals surface area (Å²) in [6.07, 6.45) is 2.79. The van der Waals surface area contributed by atoms with Gasteiger partial charge in [0.25, 0.3) is 11.8 Å². The summed E-state index contributed by atoms with van der Waals surface area (Å²) in [5, 5.41) is 13.6. The number of carbonyl (C=O) groups excluding carboxylic acids is 2. The minimum Gasteiger partial charge on any atom is -0.390 e. The third-order valence-corrected chi connectivity index (χ3v) is 7.27. The molecule has 2 aromatic rings. The molecule has 1 atom stereocenters. The molecule has 0 saturated carbocycles. The number of hydrogen-bond donors (Lipinski definition) is 3. The first-order valence-electron chi connectivity index (χ1n) is 11.7. The highest BCUT2D eigenvalue weighted by molar-refractivity contribution is 9.10. The van der Waals surface area contributed by atoms with Crippen LogP contribution in [0.3, 0.4) is 0 Å². The van der Waals surface area contributed by atoms with Crippen molar-refractivity contribution in [3.05, 3.63) is 50.8 Å². The summed E-state index contributed by atoms with van der Waals surface area (Å²) in [7, 11) is 0. The molecule has 180 valence electrons. The second-order valence-electron chi connectivity index (χ2n) is 9.14. The molecule has 0 radical (unpaired) electrons. The molecule has 3 N–H and O–H groups in total. The second-order valence-corrected chi connectivity index (χ2v) is 10.1. The summed E-state index contributed by atoms with van der Waals surface area (Å²) in [6.45, 7) is 6.34. The van der Waals surface area contributed by atoms with Crippen molar-refractivity contribution in [1.82, 2.24) is 14.8 Å². The maximum absolute atomic E-state index is 13.5. The number of anilines is 1. The minimum absolute atomic E-state index is 0.0639. The van der Waals surface area contributed by atoms with E-state index in [4.69, 9.17) is 4.74 Å². The maximum atomic E-state index is 13.5. The summed E-state index contributed by atoms with van der Waals surface area (Å²) in [5.41, 5.74) is 5.35. The predicted molar refractivity (Wildman–Crippen MR) is 134 cm³/mol. The number of aliphatic hydroxyl groups excluding tert-OH is 1. The first-order chi connectivity index (χ1) is 16.4. The number of amides is 2. The van der Waals surface area contributed by atoms with Crippen LogP contribution >= 0.6 is 15.9 Å². The molecule has 4 heterocycles. The fourth-order valence-corrected chi connectivity index (χ4v) is 5.38. The van der Waals surface area contributed by atoms with Gasteiger partial charge in [0.2, 0.25) is 0 Å². The number of carbonyl (C=O) groups is 2. The lowest BCUT2D eigenvalue weighted by molar-refractivity contribution is -0.110. The van der Waals surface area contributed by atoms with E-state index in [1.807, 2.05) is 31.2 Å². The number of hydrogen-bond acceptors (Lipinski definition) is 5. The number of fused-ring (bicyclic) bond motifs is 2. The topological polar surface area (TPSA) is 97.9 Å². The highest BCUT2D eigenvalue weighted by Crippen LogP contribution is 2.36. The normalized spacial score (nSPS) is 20.8. The van der Waals surface area contributed by atoms with Crippen molar-refractivity contribution < 1.29 is 19.4 Å². The van der Waals surface area contributed by atoms with E-state index in [0.717, 1.165) is 58.6 Å². The van der Waals surface area contributed by atoms with Gasteiger partial charge in [0.1, 0.15) is 0 Å². The van der Waals surface area contributed by atoms with Gasteiger partial charge in [-0.3, -0.25) is 14.5 Å². The number of nitrogens with one attached hydrogen (secondary N) is 2. The van der Waals surface area contributed by atoms with Crippen LogP contribution in [0.5, 0.6) is 0 Å². The Balaban J connectivity index is 1.38. The van der Waals surface area contributed by atoms with Crippen molar-refractivity contribution in [2.24, 2.45) is 0 Å². The Morgan fingerprint density at radius 2 is 2.00 bits per heavy atom. The Bertz CT molecular complexity index is 1150. The van der Waals surface area contributed by atoms with Crippen LogP contribution in [-0.2, 0) is 16.0 Å². The van der Waals surface area contributed by atoms with Crippen molar-refractivity contribution in [3.63, 3.8) is 0 Å². The number of aromatic nitrogens is 1. The number of rotatable bonds is 5. The van der Waals surface area contributed by atoms with Gasteiger partial charge in [-0.05, 0) is 49.6 Å². The first kappa shape index (κ1) is 23.3. The van der Waals surface area contributed by atoms with Crippen molar-refractivity contribution in [3.8, 4) is 0 Å². The van der Waals surface area contributed by atoms with Crippen LogP contribution in [-0.4, -0.2) is 83.7 Å². The van der Waals surface area contributed by atoms with Crippen LogP contribution in [0.25, 0.3) is 11.6 Å². The molecule has 1 fully saturated rings. The average molecular weight is 529 g/mol. The first-order valence-corrected chi connectivity index (χ1v) is 12.5. The molecule has 3 aliphatic rings. The molecule has 2 amide bonds. The van der Waals surface area contributed by atoms with Gasteiger partial charge in [-0.2, -0.15) is 0 Å². The summed E-state index contributed by atoms with van der Waals surface area (Å²) >= 11 is 3.48. The third-order valence-electron chi connectivity index (χ3n) is 6.78. The van der Waals surface area contributed by atoms with E-state index in [9.17, 15) is 14.7 Å². The number of aliphatic hydroxyl groups is 1. The highest BCUT2D eigenvalue weighted by Gasteiger charge is 2.30. The molecule has 3 aliphatic heterocycles. The number of benzene rings is 1. The lowest BCUT2D eigenvalue weighted by Crippen LogP contribution is -2.46. The van der Waals surface area contributed by atoms with E-state index < -0.39 is 6.10 Å². The van der Waals surface area contributed by atoms with E-state index in [-0.39, 0.29) is 11.8 Å². The van der Waals surface area contributed by atoms with E-state index in [1.165, 1.54) is 0 Å². The van der Waals surface area contributed by atoms with Crippen LogP contribution in [0.4, 0.5) is 5.69 Å². The lowest BCUT2D eigenvalue weighted by atomic mass is 10.0. The second kappa shape index (κ2) is 9.65. The Morgan fingerprint density at radius 3 is 2.79 bits per heavy atom. The van der Waals surface area contributed by atoms with E-state index in [0.29, 0.717) is 44.0 Å². The average Bonchev–Trinajstić information content (AvgIpc) is 3.23. The molecule has 1 aromatic carbocycles. The predicted octanol–water partition coefficient (Wildman–Crippen LogP) is 2.66. The molecule has 0 unspecified atom stereocenters. The van der Waals surface area contributed by atoms with Crippen LogP contribution in [0.2, 0.25) is 0 Å². The van der Waals surface area contributed by atoms with Gasteiger partial charge in [0.05, 0.1) is 30.5 Å². The molecule has 0 bridgehead atoms. The largest absolute Gasteiger partial charge is 0.390 e. The van der Waals surface area contributed by atoms with Gasteiger partial charge in [-0.1, -0.05) is 15.9 Å². The van der Waals surface area contributed by atoms with Gasteiger partial charge in [0, 0.05) is 59.8 Å². The van der Waals surface area contributed by atoms with E-state index >= 15 is 0 Å². The monoisotopic (exact) mass is 528 g/mol. The molecular formula is C25H29BrN4O4. The minimum atomic E-state index is -0.610. The van der Waals surface area contributed by atoms with Crippen molar-refractivity contribution in [2.75, 3.05) is 51.3 Å². The summed E-state index contributed by atoms with van der Waals surface area (Å²) in [6, 6.07) is 5.69. The van der Waals surface area contributed by atoms with Crippen LogP contribution in [0, 0.1) is 6.92 Å². The molecule has 5 rings (SSSR count). The Labute approximate surface area is 207 Å². The van der Waals surface area contributed by atoms with Crippen molar-refractivity contribution >= 4 is 45.1 Å². The van der Waals surface area contributed by atoms with Gasteiger partial charge < -0.3 is 25.0 Å². The molecule has 8 nitrogen and oxygen atoms in total. The molecule has 1 aromatic heterocycles. The standard InChI is InChI=1S/C25H29BrN4O4/c1-15-22(12-19-18-11-16(26)4-5-20(18)28-24(19)32)27-21-3-2-6-30(25(33)23(15)21)14-17(31)13-29-7-9-34-10-8-29/h4-5,11-12,17,27,31H,2-3,6-10,13-14H2,1H3,(H,28,32)/t17-/m0/s1. The number of ether oxygens (including phenoxy) is 1. The number of morpholine rings is 1. The van der Waals surface area contributed by atoms with Gasteiger partial charge >= 0.3 is 0 Å². The third kappa shape index (κ3) is 4.57. The number of aryl methyl sites for hydroxylation is 1. The van der Waals surface area contributed by atoms with Gasteiger partial charge in [-0.15, -0.1) is 0 Å². The van der Waals surface area contributed by atoms with Crippen LogP contribution < -0.4 is 5.32 Å². The highest BCUT2D eigenvalue weighted by atomic mass is 79.9. The Kier molecular flexibility index (Phi) is 6.61. The SMILES string of the molecule is Cc1c(C=C2C(=O)Nc3ccc(Br)cc32)[nH]c2c1C(=O)N(C[C@@H](O)CN1CCOCC1)CCC2. The number of halogens is 1. The van der Waals surface area contributed by atoms with E-state index in [2.05, 4.69) is 31.1 Å². The van der Waals surface area contributed by atoms with Crippen LogP contribution in [0.1, 0.15) is 39.3 Å². The van der Waals surface area contributed by atoms with Gasteiger partial charge in [-0.25, -0.2) is 0 Å². The molecule has 34 heavy (non-hydrogen) atoms.